The van der Waals surface area contributed by atoms with Gasteiger partial charge in [0.2, 0.25) is 0 Å². The van der Waals surface area contributed by atoms with Crippen LogP contribution >= 0.6 is 0 Å². The van der Waals surface area contributed by atoms with Gasteiger partial charge >= 0.3 is 0 Å². The highest BCUT2D eigenvalue weighted by molar-refractivity contribution is 6.05. The van der Waals surface area contributed by atoms with E-state index >= 15 is 0 Å². The minimum atomic E-state index is -0.0630. The zero-order valence-electron chi connectivity index (χ0n) is 14.2. The van der Waals surface area contributed by atoms with Crippen LogP contribution < -0.4 is 0 Å². The summed E-state index contributed by atoms with van der Waals surface area (Å²) in [4.78, 5) is 23.4. The van der Waals surface area contributed by atoms with Gasteiger partial charge in [0.05, 0.1) is 0 Å². The summed E-state index contributed by atoms with van der Waals surface area (Å²) in [5, 5.41) is 1.91. The third-order valence-corrected chi connectivity index (χ3v) is 4.33. The van der Waals surface area contributed by atoms with Gasteiger partial charge in [-0.15, -0.1) is 0 Å². The van der Waals surface area contributed by atoms with Crippen molar-refractivity contribution in [3.8, 4) is 0 Å². The largest absolute Gasteiger partial charge is 0.337 e. The molecule has 4 nitrogen and oxygen atoms in total. The average Bonchev–Trinajstić information content (AvgIpc) is 2.60. The minimum Gasteiger partial charge on any atom is -0.337 e. The fourth-order valence-electron chi connectivity index (χ4n) is 2.81. The van der Waals surface area contributed by atoms with Gasteiger partial charge in [-0.1, -0.05) is 24.3 Å². The van der Waals surface area contributed by atoms with Gasteiger partial charge in [0.15, 0.2) is 0 Å². The van der Waals surface area contributed by atoms with Crippen LogP contribution in [-0.4, -0.2) is 33.9 Å². The van der Waals surface area contributed by atoms with Crippen LogP contribution in [0.15, 0.2) is 54.9 Å². The van der Waals surface area contributed by atoms with Crippen LogP contribution in [0.3, 0.4) is 0 Å². The molecule has 0 unspecified atom stereocenters. The van der Waals surface area contributed by atoms with E-state index in [1.807, 2.05) is 63.5 Å². The van der Waals surface area contributed by atoms with E-state index in [4.69, 9.17) is 0 Å². The van der Waals surface area contributed by atoms with Crippen molar-refractivity contribution < 1.29 is 4.79 Å². The monoisotopic (exact) mass is 319 g/mol. The molecule has 4 heteroatoms. The van der Waals surface area contributed by atoms with E-state index < -0.39 is 0 Å². The SMILES string of the molecule is Cc1ccnc(C[C@@H](C)N(C)C(=O)c2nccc3ccccc23)c1. The molecule has 3 rings (SSSR count). The van der Waals surface area contributed by atoms with Crippen LogP contribution in [0.1, 0.15) is 28.7 Å². The third kappa shape index (κ3) is 3.27. The number of hydrogen-bond acceptors (Lipinski definition) is 3. The molecule has 1 atom stereocenters. The summed E-state index contributed by atoms with van der Waals surface area (Å²) in [6.07, 6.45) is 4.22. The van der Waals surface area contributed by atoms with Gasteiger partial charge in [0, 0.05) is 43.0 Å². The second-order valence-electron chi connectivity index (χ2n) is 6.17. The fraction of sp³-hybridized carbons (Fsp3) is 0.250. The van der Waals surface area contributed by atoms with Crippen LogP contribution in [0.5, 0.6) is 0 Å². The normalized spacial score (nSPS) is 12.1. The van der Waals surface area contributed by atoms with E-state index in [0.29, 0.717) is 12.1 Å². The summed E-state index contributed by atoms with van der Waals surface area (Å²) in [5.74, 6) is -0.0630. The number of hydrogen-bond donors (Lipinski definition) is 0. The molecule has 0 N–H and O–H groups in total. The van der Waals surface area contributed by atoms with Crippen molar-refractivity contribution in [1.29, 1.82) is 0 Å². The van der Waals surface area contributed by atoms with Crippen LogP contribution in [-0.2, 0) is 6.42 Å². The van der Waals surface area contributed by atoms with E-state index in [2.05, 4.69) is 16.0 Å². The topological polar surface area (TPSA) is 46.1 Å². The standard InChI is InChI=1S/C20H21N3O/c1-14-8-10-21-17(12-14)13-15(2)23(3)20(24)19-18-7-5-4-6-16(18)9-11-22-19/h4-12,15H,13H2,1-3H3/t15-/m1/s1. The molecule has 0 saturated heterocycles. The summed E-state index contributed by atoms with van der Waals surface area (Å²) in [7, 11) is 1.83. The number of rotatable bonds is 4. The molecular weight excluding hydrogens is 298 g/mol. The lowest BCUT2D eigenvalue weighted by molar-refractivity contribution is 0.0739. The average molecular weight is 319 g/mol. The molecule has 0 spiro atoms. The highest BCUT2D eigenvalue weighted by atomic mass is 16.2. The van der Waals surface area contributed by atoms with Gasteiger partial charge in [-0.25, -0.2) is 0 Å². The van der Waals surface area contributed by atoms with Crippen molar-refractivity contribution in [2.45, 2.75) is 26.3 Å². The van der Waals surface area contributed by atoms with Crippen LogP contribution in [0.4, 0.5) is 0 Å². The molecule has 1 aromatic carbocycles. The number of aromatic nitrogens is 2. The smallest absolute Gasteiger partial charge is 0.273 e. The zero-order valence-corrected chi connectivity index (χ0v) is 14.2. The lowest BCUT2D eigenvalue weighted by Gasteiger charge is -2.25. The number of benzene rings is 1. The van der Waals surface area contributed by atoms with Crippen molar-refractivity contribution in [3.05, 3.63) is 71.8 Å². The molecule has 2 aromatic heterocycles. The predicted molar refractivity (Wildman–Crippen MR) is 96.0 cm³/mol. The van der Waals surface area contributed by atoms with E-state index in [-0.39, 0.29) is 11.9 Å². The summed E-state index contributed by atoms with van der Waals surface area (Å²) in [5.41, 5.74) is 2.67. The molecular formula is C20H21N3O. The van der Waals surface area contributed by atoms with Crippen molar-refractivity contribution in [3.63, 3.8) is 0 Å². The molecule has 122 valence electrons. The summed E-state index contributed by atoms with van der Waals surface area (Å²) in [6.45, 7) is 4.08. The van der Waals surface area contributed by atoms with Crippen molar-refractivity contribution >= 4 is 16.7 Å². The van der Waals surface area contributed by atoms with E-state index in [0.717, 1.165) is 16.5 Å². The van der Waals surface area contributed by atoms with E-state index in [1.54, 1.807) is 11.1 Å². The van der Waals surface area contributed by atoms with Gasteiger partial charge in [0.1, 0.15) is 5.69 Å². The second-order valence-corrected chi connectivity index (χ2v) is 6.17. The molecule has 2 heterocycles. The Morgan fingerprint density at radius 2 is 1.88 bits per heavy atom. The molecule has 0 fully saturated rings. The number of nitrogens with zero attached hydrogens (tertiary/aromatic N) is 3. The number of likely N-dealkylation sites (N-methyl/N-ethyl adjacent to an activating group) is 1. The Balaban J connectivity index is 1.83. The van der Waals surface area contributed by atoms with Gasteiger partial charge in [-0.2, -0.15) is 0 Å². The molecule has 0 aliphatic rings. The minimum absolute atomic E-state index is 0.0348. The van der Waals surface area contributed by atoms with Crippen molar-refractivity contribution in [1.82, 2.24) is 14.9 Å². The first kappa shape index (κ1) is 16.1. The zero-order chi connectivity index (χ0) is 17.1. The number of carbonyl (C=O) groups excluding carboxylic acids is 1. The molecule has 24 heavy (non-hydrogen) atoms. The molecule has 0 aliphatic heterocycles. The molecule has 0 aliphatic carbocycles. The Kier molecular flexibility index (Phi) is 4.56. The fourth-order valence-corrected chi connectivity index (χ4v) is 2.81. The maximum Gasteiger partial charge on any atom is 0.273 e. The number of aryl methyl sites for hydroxylation is 1. The number of pyridine rings is 2. The van der Waals surface area contributed by atoms with E-state index in [9.17, 15) is 4.79 Å². The first-order valence-corrected chi connectivity index (χ1v) is 8.08. The Hall–Kier alpha value is -2.75. The van der Waals surface area contributed by atoms with Gasteiger partial charge in [-0.05, 0) is 43.0 Å². The Morgan fingerprint density at radius 3 is 2.67 bits per heavy atom. The molecule has 1 amide bonds. The summed E-state index contributed by atoms with van der Waals surface area (Å²) < 4.78 is 0. The van der Waals surface area contributed by atoms with Gasteiger partial charge < -0.3 is 4.90 Å². The second kappa shape index (κ2) is 6.79. The molecule has 3 aromatic rings. The number of fused-ring (bicyclic) bond motifs is 1. The molecule has 0 saturated carbocycles. The highest BCUT2D eigenvalue weighted by Crippen LogP contribution is 2.19. The predicted octanol–water partition coefficient (Wildman–Crippen LogP) is 3.64. The maximum atomic E-state index is 12.9. The Morgan fingerprint density at radius 1 is 1.12 bits per heavy atom. The van der Waals surface area contributed by atoms with Crippen molar-refractivity contribution in [2.75, 3.05) is 7.05 Å². The molecule has 0 radical (unpaired) electrons. The van der Waals surface area contributed by atoms with Gasteiger partial charge in [0.25, 0.3) is 5.91 Å². The third-order valence-electron chi connectivity index (χ3n) is 4.33. The quantitative estimate of drug-likeness (QED) is 0.737. The highest BCUT2D eigenvalue weighted by Gasteiger charge is 2.21. The molecule has 0 bridgehead atoms. The Bertz CT molecular complexity index is 870. The summed E-state index contributed by atoms with van der Waals surface area (Å²) >= 11 is 0. The Labute approximate surface area is 142 Å². The lowest BCUT2D eigenvalue weighted by Crippen LogP contribution is -2.37. The van der Waals surface area contributed by atoms with E-state index in [1.165, 1.54) is 5.56 Å². The number of carbonyl (C=O) groups is 1. The van der Waals surface area contributed by atoms with Crippen LogP contribution in [0, 0.1) is 6.92 Å². The van der Waals surface area contributed by atoms with Crippen LogP contribution in [0.25, 0.3) is 10.8 Å². The van der Waals surface area contributed by atoms with Crippen molar-refractivity contribution in [2.24, 2.45) is 0 Å². The first-order valence-electron chi connectivity index (χ1n) is 8.08. The number of amides is 1. The first-order chi connectivity index (χ1) is 11.6. The maximum absolute atomic E-state index is 12.9. The van der Waals surface area contributed by atoms with Gasteiger partial charge in [-0.3, -0.25) is 14.8 Å². The summed E-state index contributed by atoms with van der Waals surface area (Å²) in [6, 6.07) is 13.8. The lowest BCUT2D eigenvalue weighted by atomic mass is 10.1. The van der Waals surface area contributed by atoms with Crippen LogP contribution in [0.2, 0.25) is 0 Å².